The summed E-state index contributed by atoms with van der Waals surface area (Å²) >= 11 is 0. The zero-order valence-corrected chi connectivity index (χ0v) is 4.71. The molecule has 0 atom stereocenters. The van der Waals surface area contributed by atoms with Crippen molar-refractivity contribution in [2.75, 3.05) is 0 Å². The minimum atomic E-state index is -0.458. The Balaban J connectivity index is 3.67. The van der Waals surface area contributed by atoms with Gasteiger partial charge in [0, 0.05) is 13.8 Å². The molecular weight excluding hydrogens is 108 g/mol. The normalized spacial score (nSPS) is 9.75. The van der Waals surface area contributed by atoms with E-state index in [1.54, 1.807) is 0 Å². The summed E-state index contributed by atoms with van der Waals surface area (Å²) in [6.07, 6.45) is 0. The highest BCUT2D eigenvalue weighted by Gasteiger charge is 1.85. The zero-order chi connectivity index (χ0) is 6.57. The topological polar surface area (TPSA) is 58.9 Å². The van der Waals surface area contributed by atoms with Gasteiger partial charge in [-0.3, -0.25) is 9.59 Å². The van der Waals surface area contributed by atoms with Crippen LogP contribution in [0.4, 0.5) is 0 Å². The molecule has 0 aromatic heterocycles. The lowest BCUT2D eigenvalue weighted by Crippen LogP contribution is -1.84. The van der Waals surface area contributed by atoms with Crippen LogP contribution in [0.1, 0.15) is 13.8 Å². The molecule has 0 aliphatic heterocycles. The molecule has 0 bridgehead atoms. The first-order chi connectivity index (χ1) is 3.63. The fourth-order valence-electron chi connectivity index (χ4n) is 0.141. The quantitative estimate of drug-likeness (QED) is 0.431. The van der Waals surface area contributed by atoms with Crippen LogP contribution in [0, 0.1) is 0 Å². The molecule has 4 heteroatoms. The molecule has 8 heavy (non-hydrogen) atoms. The Morgan fingerprint density at radius 3 is 1.38 bits per heavy atom. The number of azo groups is 1. The smallest absolute Gasteiger partial charge is 0.261 e. The number of amides is 2. The molecule has 0 spiro atoms. The van der Waals surface area contributed by atoms with Crippen LogP contribution in [-0.2, 0) is 9.59 Å². The van der Waals surface area contributed by atoms with Crippen LogP contribution >= 0.6 is 0 Å². The third-order valence-electron chi connectivity index (χ3n) is 0.332. The van der Waals surface area contributed by atoms with Gasteiger partial charge < -0.3 is 0 Å². The number of hydrogen-bond acceptors (Lipinski definition) is 2. The van der Waals surface area contributed by atoms with E-state index in [4.69, 9.17) is 0 Å². The molecule has 0 saturated carbocycles. The third kappa shape index (κ3) is 4.94. The maximum Gasteiger partial charge on any atom is 0.261 e. The lowest BCUT2D eigenvalue weighted by atomic mass is 10.7. The van der Waals surface area contributed by atoms with Crippen LogP contribution in [0.5, 0.6) is 0 Å². The van der Waals surface area contributed by atoms with Crippen LogP contribution in [0.15, 0.2) is 10.2 Å². The van der Waals surface area contributed by atoms with Crippen molar-refractivity contribution in [1.29, 1.82) is 0 Å². The van der Waals surface area contributed by atoms with E-state index in [-0.39, 0.29) is 0 Å². The number of carbonyl (C=O) groups excluding carboxylic acids is 2. The molecule has 0 saturated heterocycles. The average Bonchev–Trinajstić information content (AvgIpc) is 1.61. The second kappa shape index (κ2) is 3.01. The summed E-state index contributed by atoms with van der Waals surface area (Å²) in [5, 5.41) is 5.92. The fourth-order valence-corrected chi connectivity index (χ4v) is 0.141. The van der Waals surface area contributed by atoms with E-state index in [0.29, 0.717) is 0 Å². The van der Waals surface area contributed by atoms with Crippen molar-refractivity contribution in [2.24, 2.45) is 10.2 Å². The van der Waals surface area contributed by atoms with Crippen molar-refractivity contribution >= 4 is 11.8 Å². The van der Waals surface area contributed by atoms with Crippen molar-refractivity contribution in [1.82, 2.24) is 0 Å². The Hall–Kier alpha value is -1.06. The Morgan fingerprint density at radius 2 is 1.25 bits per heavy atom. The number of carbonyl (C=O) groups is 2. The first-order valence-electron chi connectivity index (χ1n) is 2.06. The predicted molar refractivity (Wildman–Crippen MR) is 26.2 cm³/mol. The fraction of sp³-hybridized carbons (Fsp3) is 0.500. The van der Waals surface area contributed by atoms with Crippen molar-refractivity contribution in [3.05, 3.63) is 0 Å². The van der Waals surface area contributed by atoms with Gasteiger partial charge in [-0.1, -0.05) is 0 Å². The van der Waals surface area contributed by atoms with Crippen molar-refractivity contribution in [3.63, 3.8) is 0 Å². The Kier molecular flexibility index (Phi) is 2.61. The average molecular weight is 114 g/mol. The van der Waals surface area contributed by atoms with Gasteiger partial charge in [-0.25, -0.2) is 0 Å². The van der Waals surface area contributed by atoms with Gasteiger partial charge in [0.2, 0.25) is 0 Å². The SMILES string of the molecule is CC(=O)N=NC(C)=O. The highest BCUT2D eigenvalue weighted by Crippen LogP contribution is 1.76. The summed E-state index contributed by atoms with van der Waals surface area (Å²) < 4.78 is 0. The summed E-state index contributed by atoms with van der Waals surface area (Å²) in [6, 6.07) is 0. The Morgan fingerprint density at radius 1 is 1.00 bits per heavy atom. The van der Waals surface area contributed by atoms with E-state index in [9.17, 15) is 9.59 Å². The van der Waals surface area contributed by atoms with Crippen LogP contribution in [0.25, 0.3) is 0 Å². The van der Waals surface area contributed by atoms with E-state index in [1.165, 1.54) is 13.8 Å². The minimum Gasteiger partial charge on any atom is -0.271 e. The number of rotatable bonds is 0. The summed E-state index contributed by atoms with van der Waals surface area (Å²) in [4.78, 5) is 19.9. The van der Waals surface area contributed by atoms with Gasteiger partial charge in [-0.2, -0.15) is 0 Å². The molecule has 0 radical (unpaired) electrons. The van der Waals surface area contributed by atoms with Crippen molar-refractivity contribution in [3.8, 4) is 0 Å². The summed E-state index contributed by atoms with van der Waals surface area (Å²) in [5.41, 5.74) is 0. The molecule has 0 unspecified atom stereocenters. The lowest BCUT2D eigenvalue weighted by Gasteiger charge is -1.74. The van der Waals surface area contributed by atoms with Crippen molar-refractivity contribution in [2.45, 2.75) is 13.8 Å². The Labute approximate surface area is 46.6 Å². The molecule has 0 rings (SSSR count). The molecule has 0 aliphatic rings. The lowest BCUT2D eigenvalue weighted by molar-refractivity contribution is -0.120. The molecule has 4 nitrogen and oxygen atoms in total. The van der Waals surface area contributed by atoms with Gasteiger partial charge in [0.15, 0.2) is 0 Å². The van der Waals surface area contributed by atoms with E-state index >= 15 is 0 Å². The highest BCUT2D eigenvalue weighted by atomic mass is 16.2. The summed E-state index contributed by atoms with van der Waals surface area (Å²) in [7, 11) is 0. The van der Waals surface area contributed by atoms with Gasteiger partial charge in [-0.15, -0.1) is 10.2 Å². The number of hydrogen-bond donors (Lipinski definition) is 0. The standard InChI is InChI=1S/C4H6N2O2/c1-3(7)5-6-4(2)8/h1-2H3. The Bertz CT molecular complexity index is 123. The van der Waals surface area contributed by atoms with Gasteiger partial charge in [0.05, 0.1) is 0 Å². The molecule has 2 amide bonds. The van der Waals surface area contributed by atoms with Crippen LogP contribution in [-0.4, -0.2) is 11.8 Å². The number of nitrogens with zero attached hydrogens (tertiary/aromatic N) is 2. The van der Waals surface area contributed by atoms with E-state index in [2.05, 4.69) is 10.2 Å². The molecular formula is C4H6N2O2. The van der Waals surface area contributed by atoms with E-state index < -0.39 is 11.8 Å². The highest BCUT2D eigenvalue weighted by molar-refractivity contribution is 5.78. The largest absolute Gasteiger partial charge is 0.271 e. The summed E-state index contributed by atoms with van der Waals surface area (Å²) in [5.74, 6) is -0.916. The minimum absolute atomic E-state index is 0.458. The molecule has 0 aromatic carbocycles. The molecule has 44 valence electrons. The molecule has 0 N–H and O–H groups in total. The maximum atomic E-state index is 9.94. The van der Waals surface area contributed by atoms with Gasteiger partial charge in [0.1, 0.15) is 0 Å². The van der Waals surface area contributed by atoms with Gasteiger partial charge in [0.25, 0.3) is 11.8 Å². The second-order valence-corrected chi connectivity index (χ2v) is 1.24. The first kappa shape index (κ1) is 6.94. The molecule has 0 aromatic rings. The van der Waals surface area contributed by atoms with Crippen LogP contribution < -0.4 is 0 Å². The third-order valence-corrected chi connectivity index (χ3v) is 0.332. The van der Waals surface area contributed by atoms with Crippen LogP contribution in [0.2, 0.25) is 0 Å². The molecule has 0 heterocycles. The molecule has 0 aliphatic carbocycles. The van der Waals surface area contributed by atoms with Gasteiger partial charge in [-0.05, 0) is 0 Å². The molecule has 0 fully saturated rings. The van der Waals surface area contributed by atoms with Gasteiger partial charge >= 0.3 is 0 Å². The van der Waals surface area contributed by atoms with E-state index in [1.807, 2.05) is 0 Å². The maximum absolute atomic E-state index is 9.94. The monoisotopic (exact) mass is 114 g/mol. The van der Waals surface area contributed by atoms with E-state index in [0.717, 1.165) is 0 Å². The first-order valence-corrected chi connectivity index (χ1v) is 2.06. The summed E-state index contributed by atoms with van der Waals surface area (Å²) in [6.45, 7) is 2.46. The predicted octanol–water partition coefficient (Wildman–Crippen LogP) is 0.532. The van der Waals surface area contributed by atoms with Crippen molar-refractivity contribution < 1.29 is 9.59 Å². The second-order valence-electron chi connectivity index (χ2n) is 1.24. The zero-order valence-electron chi connectivity index (χ0n) is 4.71. The van der Waals surface area contributed by atoms with Crippen LogP contribution in [0.3, 0.4) is 0 Å².